The summed E-state index contributed by atoms with van der Waals surface area (Å²) < 4.78 is 5.33. The molecule has 0 saturated heterocycles. The lowest BCUT2D eigenvalue weighted by Crippen LogP contribution is -1.98. The van der Waals surface area contributed by atoms with E-state index in [1.807, 2.05) is 42.5 Å². The van der Waals surface area contributed by atoms with Crippen LogP contribution in [0.3, 0.4) is 0 Å². The SMILES string of the molecule is N#CCOc1ccc2ccccc2c1CC#N. The fourth-order valence-corrected chi connectivity index (χ4v) is 1.82. The molecule has 3 nitrogen and oxygen atoms in total. The summed E-state index contributed by atoms with van der Waals surface area (Å²) in [5.41, 5.74) is 0.848. The third kappa shape index (κ3) is 2.19. The van der Waals surface area contributed by atoms with Crippen LogP contribution in [0.15, 0.2) is 36.4 Å². The first-order valence-electron chi connectivity index (χ1n) is 5.24. The van der Waals surface area contributed by atoms with Crippen LogP contribution in [0.2, 0.25) is 0 Å². The van der Waals surface area contributed by atoms with Crippen molar-refractivity contribution >= 4 is 10.8 Å². The molecule has 82 valence electrons. The summed E-state index contributed by atoms with van der Waals surface area (Å²) in [5, 5.41) is 19.5. The second kappa shape index (κ2) is 5.01. The second-order valence-corrected chi connectivity index (χ2v) is 3.55. The van der Waals surface area contributed by atoms with Gasteiger partial charge in [0, 0.05) is 5.56 Å². The minimum absolute atomic E-state index is 0.00321. The van der Waals surface area contributed by atoms with E-state index in [0.29, 0.717) is 5.75 Å². The fraction of sp³-hybridized carbons (Fsp3) is 0.143. The van der Waals surface area contributed by atoms with Crippen molar-refractivity contribution in [2.45, 2.75) is 6.42 Å². The number of hydrogen-bond donors (Lipinski definition) is 0. The van der Waals surface area contributed by atoms with E-state index < -0.39 is 0 Å². The van der Waals surface area contributed by atoms with E-state index in [1.165, 1.54) is 0 Å². The molecule has 0 aliphatic heterocycles. The van der Waals surface area contributed by atoms with Crippen molar-refractivity contribution in [3.8, 4) is 17.9 Å². The molecule has 0 aliphatic carbocycles. The van der Waals surface area contributed by atoms with Gasteiger partial charge in [-0.15, -0.1) is 0 Å². The Balaban J connectivity index is 2.57. The Morgan fingerprint density at radius 2 is 1.82 bits per heavy atom. The first-order chi connectivity index (χ1) is 8.36. The maximum absolute atomic E-state index is 8.86. The highest BCUT2D eigenvalue weighted by Gasteiger charge is 2.08. The van der Waals surface area contributed by atoms with Gasteiger partial charge in [0.2, 0.25) is 0 Å². The summed E-state index contributed by atoms with van der Waals surface area (Å²) >= 11 is 0. The molecule has 0 amide bonds. The third-order valence-corrected chi connectivity index (χ3v) is 2.55. The molecular formula is C14H10N2O. The molecule has 2 rings (SSSR count). The number of fused-ring (bicyclic) bond motifs is 1. The molecule has 0 radical (unpaired) electrons. The summed E-state index contributed by atoms with van der Waals surface area (Å²) in [6, 6.07) is 15.6. The molecule has 17 heavy (non-hydrogen) atoms. The molecule has 0 spiro atoms. The van der Waals surface area contributed by atoms with Crippen LogP contribution >= 0.6 is 0 Å². The second-order valence-electron chi connectivity index (χ2n) is 3.55. The standard InChI is InChI=1S/C14H10N2O/c15-8-7-13-12-4-2-1-3-11(12)5-6-14(13)17-10-9-16/h1-6H,7,10H2. The van der Waals surface area contributed by atoms with Crippen molar-refractivity contribution in [2.24, 2.45) is 0 Å². The van der Waals surface area contributed by atoms with Gasteiger partial charge < -0.3 is 4.74 Å². The van der Waals surface area contributed by atoms with Crippen LogP contribution < -0.4 is 4.74 Å². The Labute approximate surface area is 99.5 Å². The predicted molar refractivity (Wildman–Crippen MR) is 64.4 cm³/mol. The fourth-order valence-electron chi connectivity index (χ4n) is 1.82. The summed E-state index contributed by atoms with van der Waals surface area (Å²) in [6.45, 7) is -0.00321. The molecule has 2 aromatic carbocycles. The van der Waals surface area contributed by atoms with Crippen molar-refractivity contribution in [3.05, 3.63) is 42.0 Å². The zero-order valence-electron chi connectivity index (χ0n) is 9.18. The largest absolute Gasteiger partial charge is 0.478 e. The first-order valence-corrected chi connectivity index (χ1v) is 5.24. The number of nitrogens with zero attached hydrogens (tertiary/aromatic N) is 2. The summed E-state index contributed by atoms with van der Waals surface area (Å²) in [7, 11) is 0. The lowest BCUT2D eigenvalue weighted by atomic mass is 10.0. The number of hydrogen-bond acceptors (Lipinski definition) is 3. The Hall–Kier alpha value is -2.52. The van der Waals surface area contributed by atoms with Gasteiger partial charge in [-0.25, -0.2) is 0 Å². The summed E-state index contributed by atoms with van der Waals surface area (Å²) in [5.74, 6) is 0.617. The Bertz CT molecular complexity index is 620. The zero-order chi connectivity index (χ0) is 12.1. The quantitative estimate of drug-likeness (QED) is 0.802. The predicted octanol–water partition coefficient (Wildman–Crippen LogP) is 2.81. The van der Waals surface area contributed by atoms with Gasteiger partial charge in [0.15, 0.2) is 6.61 Å². The number of rotatable bonds is 3. The van der Waals surface area contributed by atoms with Gasteiger partial charge in [0.1, 0.15) is 11.8 Å². The number of ether oxygens (including phenoxy) is 1. The van der Waals surface area contributed by atoms with Crippen molar-refractivity contribution in [1.29, 1.82) is 10.5 Å². The van der Waals surface area contributed by atoms with Crippen LogP contribution in [0.25, 0.3) is 10.8 Å². The molecule has 0 bridgehead atoms. The number of benzene rings is 2. The van der Waals surface area contributed by atoms with E-state index in [9.17, 15) is 0 Å². The van der Waals surface area contributed by atoms with Crippen LogP contribution in [-0.4, -0.2) is 6.61 Å². The normalized spacial score (nSPS) is 9.53. The molecule has 0 N–H and O–H groups in total. The van der Waals surface area contributed by atoms with Crippen molar-refractivity contribution < 1.29 is 4.74 Å². The van der Waals surface area contributed by atoms with Crippen molar-refractivity contribution in [2.75, 3.05) is 6.61 Å². The molecule has 0 heterocycles. The van der Waals surface area contributed by atoms with E-state index in [0.717, 1.165) is 16.3 Å². The van der Waals surface area contributed by atoms with E-state index in [4.69, 9.17) is 15.3 Å². The topological polar surface area (TPSA) is 56.8 Å². The molecule has 0 fully saturated rings. The van der Waals surface area contributed by atoms with Crippen molar-refractivity contribution in [1.82, 2.24) is 0 Å². The minimum Gasteiger partial charge on any atom is -0.478 e. The van der Waals surface area contributed by atoms with E-state index in [2.05, 4.69) is 6.07 Å². The van der Waals surface area contributed by atoms with Crippen LogP contribution in [0.4, 0.5) is 0 Å². The molecular weight excluding hydrogens is 212 g/mol. The summed E-state index contributed by atoms with van der Waals surface area (Å²) in [4.78, 5) is 0. The molecule has 2 aromatic rings. The summed E-state index contributed by atoms with van der Waals surface area (Å²) in [6.07, 6.45) is 0.280. The van der Waals surface area contributed by atoms with Crippen LogP contribution in [0.1, 0.15) is 5.56 Å². The number of nitriles is 2. The van der Waals surface area contributed by atoms with Gasteiger partial charge in [0.25, 0.3) is 0 Å². The van der Waals surface area contributed by atoms with Crippen LogP contribution in [-0.2, 0) is 6.42 Å². The molecule has 0 unspecified atom stereocenters. The van der Waals surface area contributed by atoms with Gasteiger partial charge in [-0.05, 0) is 16.8 Å². The van der Waals surface area contributed by atoms with Crippen molar-refractivity contribution in [3.63, 3.8) is 0 Å². The van der Waals surface area contributed by atoms with Gasteiger partial charge in [0.05, 0.1) is 12.5 Å². The van der Waals surface area contributed by atoms with Crippen LogP contribution in [0.5, 0.6) is 5.75 Å². The molecule has 0 atom stereocenters. The molecule has 0 saturated carbocycles. The average molecular weight is 222 g/mol. The lowest BCUT2D eigenvalue weighted by Gasteiger charge is -2.10. The smallest absolute Gasteiger partial charge is 0.174 e. The van der Waals surface area contributed by atoms with Gasteiger partial charge >= 0.3 is 0 Å². The average Bonchev–Trinajstić information content (AvgIpc) is 2.38. The molecule has 3 heteroatoms. The third-order valence-electron chi connectivity index (χ3n) is 2.55. The van der Waals surface area contributed by atoms with Crippen LogP contribution in [0, 0.1) is 22.7 Å². The van der Waals surface area contributed by atoms with E-state index >= 15 is 0 Å². The van der Waals surface area contributed by atoms with E-state index in [1.54, 1.807) is 0 Å². The highest BCUT2D eigenvalue weighted by Crippen LogP contribution is 2.28. The zero-order valence-corrected chi connectivity index (χ0v) is 9.18. The maximum Gasteiger partial charge on any atom is 0.174 e. The lowest BCUT2D eigenvalue weighted by molar-refractivity contribution is 0.365. The monoisotopic (exact) mass is 222 g/mol. The first kappa shape index (κ1) is 11.0. The van der Waals surface area contributed by atoms with Gasteiger partial charge in [-0.1, -0.05) is 30.3 Å². The maximum atomic E-state index is 8.86. The Morgan fingerprint density at radius 1 is 1.00 bits per heavy atom. The highest BCUT2D eigenvalue weighted by molar-refractivity contribution is 5.88. The highest BCUT2D eigenvalue weighted by atomic mass is 16.5. The minimum atomic E-state index is -0.00321. The Morgan fingerprint density at radius 3 is 2.59 bits per heavy atom. The molecule has 0 aliphatic rings. The molecule has 0 aromatic heterocycles. The van der Waals surface area contributed by atoms with E-state index in [-0.39, 0.29) is 13.0 Å². The Kier molecular flexibility index (Phi) is 3.23. The van der Waals surface area contributed by atoms with Gasteiger partial charge in [-0.2, -0.15) is 10.5 Å². The van der Waals surface area contributed by atoms with Gasteiger partial charge in [-0.3, -0.25) is 0 Å².